The predicted octanol–water partition coefficient (Wildman–Crippen LogP) is 4.43. The van der Waals surface area contributed by atoms with E-state index in [4.69, 9.17) is 16.3 Å². The quantitative estimate of drug-likeness (QED) is 0.545. The van der Waals surface area contributed by atoms with Crippen LogP contribution in [-0.4, -0.2) is 53.3 Å². The van der Waals surface area contributed by atoms with Crippen LogP contribution in [-0.2, 0) is 19.7 Å². The molecular weight excluding hydrogens is 416 g/mol. The van der Waals surface area contributed by atoms with E-state index in [1.165, 1.54) is 12.0 Å². The Morgan fingerprint density at radius 1 is 1.23 bits per heavy atom. The number of methoxy groups -OCH3 is 1. The van der Waals surface area contributed by atoms with Gasteiger partial charge in [0.1, 0.15) is 12.4 Å². The molecule has 0 spiro atoms. The van der Waals surface area contributed by atoms with Gasteiger partial charge in [0.25, 0.3) is 0 Å². The van der Waals surface area contributed by atoms with Crippen LogP contribution in [0.15, 0.2) is 30.3 Å². The van der Waals surface area contributed by atoms with Crippen molar-refractivity contribution >= 4 is 29.2 Å². The van der Waals surface area contributed by atoms with Gasteiger partial charge < -0.3 is 15.0 Å². The van der Waals surface area contributed by atoms with Crippen molar-refractivity contribution in [2.75, 3.05) is 32.1 Å². The Balaban J connectivity index is 2.26. The van der Waals surface area contributed by atoms with Gasteiger partial charge in [0.05, 0.1) is 22.9 Å². The number of hydrogen-bond acceptors (Lipinski definition) is 4. The highest BCUT2D eigenvalue weighted by Gasteiger charge is 2.23. The van der Waals surface area contributed by atoms with E-state index in [1.54, 1.807) is 10.7 Å². The lowest BCUT2D eigenvalue weighted by Gasteiger charge is -2.22. The monoisotopic (exact) mass is 448 g/mol. The lowest BCUT2D eigenvalue weighted by atomic mass is 9.92. The highest BCUT2D eigenvalue weighted by atomic mass is 35.5. The SMILES string of the molecule is CCCCCN(CC(=O)Nc1cc(C(C)(C)C)nn1-c1ccccc1Cl)C(=O)COC. The molecule has 7 nitrogen and oxygen atoms in total. The van der Waals surface area contributed by atoms with Gasteiger partial charge in [-0.3, -0.25) is 9.59 Å². The summed E-state index contributed by atoms with van der Waals surface area (Å²) in [5.74, 6) is 0.00841. The zero-order valence-corrected chi connectivity index (χ0v) is 19.8. The number of unbranched alkanes of at least 4 members (excludes halogenated alkanes) is 2. The molecule has 0 aliphatic rings. The summed E-state index contributed by atoms with van der Waals surface area (Å²) in [6, 6.07) is 9.17. The average molecular weight is 449 g/mol. The number of carbonyl (C=O) groups is 2. The fourth-order valence-electron chi connectivity index (χ4n) is 3.06. The molecule has 1 aromatic heterocycles. The van der Waals surface area contributed by atoms with Crippen LogP contribution in [0.2, 0.25) is 5.02 Å². The number of benzene rings is 1. The van der Waals surface area contributed by atoms with Crippen LogP contribution in [0.25, 0.3) is 5.69 Å². The van der Waals surface area contributed by atoms with Crippen LogP contribution in [0.3, 0.4) is 0 Å². The van der Waals surface area contributed by atoms with Crippen LogP contribution in [0, 0.1) is 0 Å². The minimum absolute atomic E-state index is 0.0505. The van der Waals surface area contributed by atoms with Gasteiger partial charge in [0.2, 0.25) is 11.8 Å². The second-order valence-electron chi connectivity index (χ2n) is 8.53. The van der Waals surface area contributed by atoms with Crippen molar-refractivity contribution in [2.45, 2.75) is 52.4 Å². The predicted molar refractivity (Wildman–Crippen MR) is 124 cm³/mol. The highest BCUT2D eigenvalue weighted by Crippen LogP contribution is 2.29. The summed E-state index contributed by atoms with van der Waals surface area (Å²) < 4.78 is 6.61. The first-order valence-corrected chi connectivity index (χ1v) is 11.0. The lowest BCUT2D eigenvalue weighted by Crippen LogP contribution is -2.40. The van der Waals surface area contributed by atoms with Crippen LogP contribution in [0.5, 0.6) is 0 Å². The van der Waals surface area contributed by atoms with Crippen molar-refractivity contribution in [3.8, 4) is 5.69 Å². The minimum Gasteiger partial charge on any atom is -0.375 e. The van der Waals surface area contributed by atoms with E-state index < -0.39 is 0 Å². The molecule has 2 rings (SSSR count). The number of amides is 2. The first-order chi connectivity index (χ1) is 14.7. The summed E-state index contributed by atoms with van der Waals surface area (Å²) in [7, 11) is 1.47. The molecule has 0 unspecified atom stereocenters. The molecule has 0 fully saturated rings. The smallest absolute Gasteiger partial charge is 0.249 e. The number of nitrogens with zero attached hydrogens (tertiary/aromatic N) is 3. The van der Waals surface area contributed by atoms with E-state index in [-0.39, 0.29) is 30.4 Å². The molecule has 0 aliphatic carbocycles. The summed E-state index contributed by atoms with van der Waals surface area (Å²) in [4.78, 5) is 26.8. The maximum atomic E-state index is 12.9. The summed E-state index contributed by atoms with van der Waals surface area (Å²) >= 11 is 6.38. The van der Waals surface area contributed by atoms with Crippen molar-refractivity contribution in [1.82, 2.24) is 14.7 Å². The Bertz CT molecular complexity index is 889. The van der Waals surface area contributed by atoms with Crippen molar-refractivity contribution < 1.29 is 14.3 Å². The second kappa shape index (κ2) is 11.3. The van der Waals surface area contributed by atoms with Gasteiger partial charge in [-0.15, -0.1) is 0 Å². The Morgan fingerprint density at radius 3 is 2.55 bits per heavy atom. The largest absolute Gasteiger partial charge is 0.375 e. The Labute approximate surface area is 189 Å². The maximum absolute atomic E-state index is 12.9. The van der Waals surface area contributed by atoms with Crippen LogP contribution < -0.4 is 5.32 Å². The first kappa shape index (κ1) is 24.9. The molecule has 0 saturated heterocycles. The third kappa shape index (κ3) is 7.08. The van der Waals surface area contributed by atoms with Gasteiger partial charge in [0, 0.05) is 25.1 Å². The number of rotatable bonds is 10. The van der Waals surface area contributed by atoms with Crippen molar-refractivity contribution in [1.29, 1.82) is 0 Å². The molecule has 1 aromatic carbocycles. The van der Waals surface area contributed by atoms with Crippen LogP contribution in [0.1, 0.15) is 52.7 Å². The molecule has 2 aromatic rings. The molecule has 8 heteroatoms. The number of hydrogen-bond donors (Lipinski definition) is 1. The molecule has 0 atom stereocenters. The third-order valence-electron chi connectivity index (χ3n) is 4.81. The number of para-hydroxylation sites is 1. The maximum Gasteiger partial charge on any atom is 0.249 e. The zero-order valence-electron chi connectivity index (χ0n) is 19.1. The Morgan fingerprint density at radius 2 is 1.94 bits per heavy atom. The number of carbonyl (C=O) groups excluding carboxylic acids is 2. The lowest BCUT2D eigenvalue weighted by molar-refractivity contribution is -0.138. The fraction of sp³-hybridized carbons (Fsp3) is 0.522. The molecule has 0 aliphatic heterocycles. The molecule has 2 amide bonds. The number of ether oxygens (including phenoxy) is 1. The molecule has 0 saturated carbocycles. The van der Waals surface area contributed by atoms with Gasteiger partial charge in [-0.1, -0.05) is 64.3 Å². The summed E-state index contributed by atoms with van der Waals surface area (Å²) in [6.45, 7) is 8.66. The van der Waals surface area contributed by atoms with Crippen molar-refractivity contribution in [2.24, 2.45) is 0 Å². The number of halogens is 1. The van der Waals surface area contributed by atoms with Gasteiger partial charge in [-0.2, -0.15) is 5.10 Å². The highest BCUT2D eigenvalue weighted by molar-refractivity contribution is 6.32. The van der Waals surface area contributed by atoms with Crippen molar-refractivity contribution in [3.05, 3.63) is 41.0 Å². The molecule has 0 bridgehead atoms. The fourth-order valence-corrected chi connectivity index (χ4v) is 3.27. The third-order valence-corrected chi connectivity index (χ3v) is 5.13. The van der Waals surface area contributed by atoms with E-state index in [0.717, 1.165) is 25.0 Å². The minimum atomic E-state index is -0.297. The number of nitrogens with one attached hydrogen (secondary N) is 1. The Kier molecular flexibility index (Phi) is 9.07. The van der Waals surface area contributed by atoms with E-state index >= 15 is 0 Å². The molecule has 1 heterocycles. The van der Waals surface area contributed by atoms with E-state index in [0.29, 0.717) is 23.1 Å². The van der Waals surface area contributed by atoms with Crippen LogP contribution in [0.4, 0.5) is 5.82 Å². The molecule has 170 valence electrons. The summed E-state index contributed by atoms with van der Waals surface area (Å²) in [6.07, 6.45) is 2.86. The second-order valence-corrected chi connectivity index (χ2v) is 8.94. The van der Waals surface area contributed by atoms with Gasteiger partial charge in [-0.25, -0.2) is 4.68 Å². The molecule has 0 radical (unpaired) electrons. The number of anilines is 1. The molecule has 31 heavy (non-hydrogen) atoms. The van der Waals surface area contributed by atoms with Gasteiger partial charge in [0.15, 0.2) is 0 Å². The van der Waals surface area contributed by atoms with Crippen LogP contribution >= 0.6 is 11.6 Å². The van der Waals surface area contributed by atoms with Gasteiger partial charge in [-0.05, 0) is 18.6 Å². The Hall–Kier alpha value is -2.38. The topological polar surface area (TPSA) is 76.5 Å². The normalized spacial score (nSPS) is 11.4. The summed E-state index contributed by atoms with van der Waals surface area (Å²) in [5.41, 5.74) is 1.27. The van der Waals surface area contributed by atoms with Gasteiger partial charge >= 0.3 is 0 Å². The van der Waals surface area contributed by atoms with E-state index in [9.17, 15) is 9.59 Å². The van der Waals surface area contributed by atoms with Crippen molar-refractivity contribution in [3.63, 3.8) is 0 Å². The first-order valence-electron chi connectivity index (χ1n) is 10.6. The van der Waals surface area contributed by atoms with E-state index in [2.05, 4.69) is 38.1 Å². The summed E-state index contributed by atoms with van der Waals surface area (Å²) in [5, 5.41) is 8.13. The van der Waals surface area contributed by atoms with E-state index in [1.807, 2.05) is 24.3 Å². The molecular formula is C23H33ClN4O3. The number of aromatic nitrogens is 2. The standard InChI is InChI=1S/C23H33ClN4O3/c1-6-7-10-13-27(22(30)16-31-5)15-21(29)25-20-14-19(23(2,3)4)26-28(20)18-12-9-8-11-17(18)24/h8-9,11-12,14H,6-7,10,13,15-16H2,1-5H3,(H,25,29). The zero-order chi connectivity index (χ0) is 23.0. The average Bonchev–Trinajstić information content (AvgIpc) is 3.11. The molecule has 1 N–H and O–H groups in total.